The Kier molecular flexibility index (Phi) is 9.21. The number of benzene rings is 3. The second-order valence-corrected chi connectivity index (χ2v) is 11.5. The van der Waals surface area contributed by atoms with E-state index in [1.165, 1.54) is 6.07 Å². The number of carboxylic acids is 1. The number of carbonyl (C=O) groups is 2. The van der Waals surface area contributed by atoms with Gasteiger partial charge in [-0.15, -0.1) is 0 Å². The number of hydrogen-bond acceptors (Lipinski definition) is 6. The summed E-state index contributed by atoms with van der Waals surface area (Å²) in [5, 5.41) is 19.5. The molecule has 42 heavy (non-hydrogen) atoms. The Hall–Kier alpha value is -3.79. The van der Waals surface area contributed by atoms with Crippen LogP contribution >= 0.6 is 0 Å². The first-order valence-electron chi connectivity index (χ1n) is 14.5. The van der Waals surface area contributed by atoms with Gasteiger partial charge < -0.3 is 15.1 Å². The number of phenols is 1. The highest BCUT2D eigenvalue weighted by atomic mass is 19.1. The van der Waals surface area contributed by atoms with Gasteiger partial charge in [-0.05, 0) is 55.3 Å². The number of halogens is 1. The summed E-state index contributed by atoms with van der Waals surface area (Å²) in [6.07, 6.45) is 0. The van der Waals surface area contributed by atoms with Gasteiger partial charge in [-0.25, -0.2) is 4.39 Å². The second kappa shape index (κ2) is 13.0. The molecule has 2 N–H and O–H groups in total. The monoisotopic (exact) mass is 574 g/mol. The summed E-state index contributed by atoms with van der Waals surface area (Å²) in [4.78, 5) is 32.9. The first kappa shape index (κ1) is 29.7. The van der Waals surface area contributed by atoms with Crippen LogP contribution in [0.2, 0.25) is 0 Å². The maximum Gasteiger partial charge on any atom is 0.317 e. The number of hydrogen-bond donors (Lipinski definition) is 2. The molecule has 0 saturated carbocycles. The van der Waals surface area contributed by atoms with Crippen molar-refractivity contribution in [3.8, 4) is 5.75 Å². The maximum absolute atomic E-state index is 14.4. The number of rotatable bonds is 8. The Morgan fingerprint density at radius 2 is 1.57 bits per heavy atom. The molecule has 1 unspecified atom stereocenters. The number of nitrogens with zero attached hydrogens (tertiary/aromatic N) is 4. The molecule has 2 aliphatic heterocycles. The zero-order valence-electron chi connectivity index (χ0n) is 24.2. The molecule has 0 radical (unpaired) electrons. The van der Waals surface area contributed by atoms with Crippen molar-refractivity contribution in [3.05, 3.63) is 101 Å². The standard InChI is InChI=1S/C33H39FN4O4/c1-23-20-38(24(2)19-37(23)21-28-7-3-4-12-30(28)34)32(26-9-6-11-29(39)18-26)25-8-5-10-27(17-25)33(42)36-15-13-35(14-16-36)22-31(40)41/h3-12,17-18,23-24,32,39H,13-16,19-22H2,1-2H3,(H,40,41)/t23-,24-,32?/m1/s1. The van der Waals surface area contributed by atoms with Gasteiger partial charge >= 0.3 is 5.97 Å². The number of carbonyl (C=O) groups excluding carboxylic acids is 1. The molecule has 2 heterocycles. The molecule has 222 valence electrons. The smallest absolute Gasteiger partial charge is 0.317 e. The molecular formula is C33H39FN4O4. The zero-order chi connectivity index (χ0) is 29.8. The van der Waals surface area contributed by atoms with Gasteiger partial charge in [0.2, 0.25) is 0 Å². The Morgan fingerprint density at radius 1 is 0.881 bits per heavy atom. The molecule has 0 aliphatic carbocycles. The molecule has 0 aromatic heterocycles. The van der Waals surface area contributed by atoms with Crippen LogP contribution < -0.4 is 0 Å². The fourth-order valence-electron chi connectivity index (χ4n) is 6.25. The highest BCUT2D eigenvalue weighted by Crippen LogP contribution is 2.35. The highest BCUT2D eigenvalue weighted by molar-refractivity contribution is 5.94. The van der Waals surface area contributed by atoms with E-state index in [1.807, 2.05) is 53.4 Å². The molecule has 3 aromatic carbocycles. The Labute approximate surface area is 246 Å². The number of aromatic hydroxyl groups is 1. The van der Waals surface area contributed by atoms with Crippen LogP contribution in [0.4, 0.5) is 4.39 Å². The van der Waals surface area contributed by atoms with Crippen molar-refractivity contribution >= 4 is 11.9 Å². The van der Waals surface area contributed by atoms with Gasteiger partial charge in [0.1, 0.15) is 11.6 Å². The minimum atomic E-state index is -0.864. The number of phenolic OH excluding ortho intramolecular Hbond substituents is 1. The zero-order valence-corrected chi connectivity index (χ0v) is 24.2. The summed E-state index contributed by atoms with van der Waals surface area (Å²) in [5.41, 5.74) is 3.16. The number of amides is 1. The summed E-state index contributed by atoms with van der Waals surface area (Å²) in [7, 11) is 0. The lowest BCUT2D eigenvalue weighted by Crippen LogP contribution is -2.56. The lowest BCUT2D eigenvalue weighted by Gasteiger charge is -2.47. The first-order chi connectivity index (χ1) is 20.2. The van der Waals surface area contributed by atoms with Crippen molar-refractivity contribution in [3.63, 3.8) is 0 Å². The molecule has 5 rings (SSSR count). The largest absolute Gasteiger partial charge is 0.508 e. The second-order valence-electron chi connectivity index (χ2n) is 11.5. The fraction of sp³-hybridized carbons (Fsp3) is 0.394. The average Bonchev–Trinajstić information content (AvgIpc) is 2.97. The van der Waals surface area contributed by atoms with Crippen molar-refractivity contribution in [1.29, 1.82) is 0 Å². The Morgan fingerprint density at radius 3 is 2.26 bits per heavy atom. The van der Waals surface area contributed by atoms with E-state index in [2.05, 4.69) is 23.6 Å². The molecule has 2 fully saturated rings. The van der Waals surface area contributed by atoms with Crippen LogP contribution in [0.25, 0.3) is 0 Å². The molecule has 8 nitrogen and oxygen atoms in total. The topological polar surface area (TPSA) is 87.6 Å². The third-order valence-electron chi connectivity index (χ3n) is 8.48. The number of aliphatic carboxylic acids is 1. The third-order valence-corrected chi connectivity index (χ3v) is 8.48. The van der Waals surface area contributed by atoms with Crippen LogP contribution in [-0.2, 0) is 11.3 Å². The predicted molar refractivity (Wildman–Crippen MR) is 159 cm³/mol. The van der Waals surface area contributed by atoms with E-state index in [0.29, 0.717) is 43.9 Å². The van der Waals surface area contributed by atoms with E-state index in [-0.39, 0.29) is 42.1 Å². The van der Waals surface area contributed by atoms with Crippen molar-refractivity contribution in [1.82, 2.24) is 19.6 Å². The van der Waals surface area contributed by atoms with Gasteiger partial charge in [-0.3, -0.25) is 24.3 Å². The van der Waals surface area contributed by atoms with Crippen LogP contribution in [0, 0.1) is 5.82 Å². The van der Waals surface area contributed by atoms with Crippen LogP contribution in [0.1, 0.15) is 46.9 Å². The van der Waals surface area contributed by atoms with Gasteiger partial charge in [-0.2, -0.15) is 0 Å². The van der Waals surface area contributed by atoms with Gasteiger partial charge in [-0.1, -0.05) is 42.5 Å². The van der Waals surface area contributed by atoms with Gasteiger partial charge in [0.15, 0.2) is 0 Å². The highest BCUT2D eigenvalue weighted by Gasteiger charge is 2.35. The minimum absolute atomic E-state index is 0.0206. The average molecular weight is 575 g/mol. The molecular weight excluding hydrogens is 535 g/mol. The SMILES string of the molecule is C[C@@H]1CN(C(c2cccc(O)c2)c2cccc(C(=O)N3CCN(CC(=O)O)CC3)c2)[C@H](C)CN1Cc1ccccc1F. The molecule has 2 saturated heterocycles. The fourth-order valence-corrected chi connectivity index (χ4v) is 6.25. The van der Waals surface area contributed by atoms with Gasteiger partial charge in [0, 0.05) is 69.0 Å². The molecule has 3 aromatic rings. The summed E-state index contributed by atoms with van der Waals surface area (Å²) in [6.45, 7) is 8.30. The molecule has 3 atom stereocenters. The van der Waals surface area contributed by atoms with E-state index in [1.54, 1.807) is 23.1 Å². The van der Waals surface area contributed by atoms with Gasteiger partial charge in [0.05, 0.1) is 12.6 Å². The lowest BCUT2D eigenvalue weighted by atomic mass is 9.92. The minimum Gasteiger partial charge on any atom is -0.508 e. The van der Waals surface area contributed by atoms with Gasteiger partial charge in [0.25, 0.3) is 5.91 Å². The van der Waals surface area contributed by atoms with Crippen molar-refractivity contribution < 1.29 is 24.2 Å². The summed E-state index contributed by atoms with van der Waals surface area (Å²) >= 11 is 0. The first-order valence-corrected chi connectivity index (χ1v) is 14.5. The summed E-state index contributed by atoms with van der Waals surface area (Å²) < 4.78 is 14.4. The third kappa shape index (κ3) is 6.81. The van der Waals surface area contributed by atoms with E-state index >= 15 is 0 Å². The van der Waals surface area contributed by atoms with Crippen molar-refractivity contribution in [2.75, 3.05) is 45.8 Å². The molecule has 0 spiro atoms. The molecule has 2 aliphatic rings. The lowest BCUT2D eigenvalue weighted by molar-refractivity contribution is -0.138. The normalized spacial score (nSPS) is 21.3. The van der Waals surface area contributed by atoms with Crippen LogP contribution in [-0.4, -0.2) is 99.6 Å². The quantitative estimate of drug-likeness (QED) is 0.420. The predicted octanol–water partition coefficient (Wildman–Crippen LogP) is 4.06. The maximum atomic E-state index is 14.4. The Balaban J connectivity index is 1.39. The molecule has 1 amide bonds. The molecule has 9 heteroatoms. The van der Waals surface area contributed by atoms with E-state index in [4.69, 9.17) is 5.11 Å². The van der Waals surface area contributed by atoms with E-state index in [0.717, 1.165) is 24.2 Å². The number of carboxylic acid groups (broad SMARTS) is 1. The van der Waals surface area contributed by atoms with E-state index < -0.39 is 5.97 Å². The van der Waals surface area contributed by atoms with Crippen molar-refractivity contribution in [2.24, 2.45) is 0 Å². The van der Waals surface area contributed by atoms with E-state index in [9.17, 15) is 19.1 Å². The van der Waals surface area contributed by atoms with Crippen LogP contribution in [0.15, 0.2) is 72.8 Å². The Bertz CT molecular complexity index is 1410. The van der Waals surface area contributed by atoms with Crippen LogP contribution in [0.5, 0.6) is 5.75 Å². The number of piperazine rings is 2. The van der Waals surface area contributed by atoms with Crippen LogP contribution in [0.3, 0.4) is 0 Å². The van der Waals surface area contributed by atoms with Crippen molar-refractivity contribution in [2.45, 2.75) is 38.5 Å². The summed E-state index contributed by atoms with van der Waals surface area (Å²) in [6, 6.07) is 22.0. The molecule has 0 bridgehead atoms. The summed E-state index contributed by atoms with van der Waals surface area (Å²) in [5.74, 6) is -0.945.